The molecule has 178 valence electrons. The maximum absolute atomic E-state index is 14.0. The summed E-state index contributed by atoms with van der Waals surface area (Å²) in [5.41, 5.74) is 0.580. The third-order valence-electron chi connectivity index (χ3n) is 6.35. The fourth-order valence-corrected chi connectivity index (χ4v) is 6.85. The van der Waals surface area contributed by atoms with Crippen molar-refractivity contribution in [2.75, 3.05) is 18.0 Å². The Balaban J connectivity index is 1.60. The molecule has 0 saturated carbocycles. The Labute approximate surface area is 195 Å². The van der Waals surface area contributed by atoms with Crippen molar-refractivity contribution in [1.82, 2.24) is 4.90 Å². The van der Waals surface area contributed by atoms with E-state index in [4.69, 9.17) is 9.47 Å². The number of methoxy groups -OCH3 is 1. The third kappa shape index (κ3) is 4.59. The van der Waals surface area contributed by atoms with E-state index in [0.717, 1.165) is 17.9 Å². The summed E-state index contributed by atoms with van der Waals surface area (Å²) in [6.07, 6.45) is 1.17. The zero-order chi connectivity index (χ0) is 23.8. The van der Waals surface area contributed by atoms with E-state index in [0.29, 0.717) is 30.8 Å². The maximum Gasteiger partial charge on any atom is 0.261 e. The van der Waals surface area contributed by atoms with Gasteiger partial charge in [-0.05, 0) is 69.5 Å². The largest absolute Gasteiger partial charge is 0.498 e. The van der Waals surface area contributed by atoms with Crippen LogP contribution >= 0.6 is 0 Å². The number of sulfonamides is 1. The molecule has 1 spiro atoms. The van der Waals surface area contributed by atoms with Gasteiger partial charge in [0.05, 0.1) is 24.3 Å². The minimum Gasteiger partial charge on any atom is -0.498 e. The molecule has 33 heavy (non-hydrogen) atoms. The minimum atomic E-state index is -3.80. The van der Waals surface area contributed by atoms with Crippen LogP contribution in [0.2, 0.25) is 0 Å². The first-order valence-corrected chi connectivity index (χ1v) is 12.7. The first-order chi connectivity index (χ1) is 15.6. The van der Waals surface area contributed by atoms with Gasteiger partial charge in [0.15, 0.2) is 0 Å². The Hall–Kier alpha value is -2.58. The molecule has 0 radical (unpaired) electrons. The van der Waals surface area contributed by atoms with E-state index in [1.54, 1.807) is 6.07 Å². The average Bonchev–Trinajstić information content (AvgIpc) is 2.95. The number of anilines is 1. The number of nitrogens with zero attached hydrogens (tertiary/aromatic N) is 2. The fourth-order valence-electron chi connectivity index (χ4n) is 5.01. The zero-order valence-electron chi connectivity index (χ0n) is 19.5. The highest BCUT2D eigenvalue weighted by atomic mass is 32.2. The molecule has 2 aromatic carbocycles. The van der Waals surface area contributed by atoms with Crippen LogP contribution in [-0.2, 0) is 21.3 Å². The van der Waals surface area contributed by atoms with E-state index in [1.807, 2.05) is 26.0 Å². The lowest BCUT2D eigenvalue weighted by Gasteiger charge is -2.48. The Kier molecular flexibility index (Phi) is 6.42. The molecule has 2 atom stereocenters. The van der Waals surface area contributed by atoms with Gasteiger partial charge >= 0.3 is 0 Å². The number of piperidine rings is 1. The van der Waals surface area contributed by atoms with Crippen molar-refractivity contribution >= 4 is 15.7 Å². The van der Waals surface area contributed by atoms with Crippen LogP contribution in [0.3, 0.4) is 0 Å². The summed E-state index contributed by atoms with van der Waals surface area (Å²) in [4.78, 5) is 2.34. The summed E-state index contributed by atoms with van der Waals surface area (Å²) in [6, 6.07) is 13.9. The molecule has 2 aliphatic rings. The summed E-state index contributed by atoms with van der Waals surface area (Å²) in [6.45, 7) is 7.49. The van der Waals surface area contributed by atoms with Gasteiger partial charge in [0.2, 0.25) is 0 Å². The second kappa shape index (κ2) is 8.99. The number of hydrogen-bond donors (Lipinski definition) is 0. The van der Waals surface area contributed by atoms with Crippen LogP contribution in [0.4, 0.5) is 10.1 Å². The molecule has 2 aromatic rings. The third-order valence-corrected chi connectivity index (χ3v) is 7.93. The van der Waals surface area contributed by atoms with Gasteiger partial charge in [-0.25, -0.2) is 12.8 Å². The summed E-state index contributed by atoms with van der Waals surface area (Å²) in [5, 5.41) is 1.19. The molecule has 1 saturated heterocycles. The summed E-state index contributed by atoms with van der Waals surface area (Å²) in [7, 11) is -2.30. The number of benzene rings is 2. The number of halogens is 1. The SMILES string of the molecule is COC1=CS(=O)(=O)N(c2cccc(F)c2)[C@@]12CCN(Cc1cccc(OC(C)C)c1)[C@@H](C)C2. The van der Waals surface area contributed by atoms with Crippen molar-refractivity contribution in [3.63, 3.8) is 0 Å². The lowest BCUT2D eigenvalue weighted by atomic mass is 9.81. The molecular weight excluding hydrogens is 443 g/mol. The van der Waals surface area contributed by atoms with Gasteiger partial charge in [0.1, 0.15) is 22.9 Å². The van der Waals surface area contributed by atoms with Gasteiger partial charge in [-0.3, -0.25) is 9.21 Å². The summed E-state index contributed by atoms with van der Waals surface area (Å²) in [5.74, 6) is 0.774. The predicted octanol–water partition coefficient (Wildman–Crippen LogP) is 4.67. The van der Waals surface area contributed by atoms with Gasteiger partial charge in [-0.2, -0.15) is 0 Å². The molecule has 0 unspecified atom stereocenters. The van der Waals surface area contributed by atoms with Crippen LogP contribution in [0.1, 0.15) is 39.2 Å². The lowest BCUT2D eigenvalue weighted by Crippen LogP contribution is -2.58. The zero-order valence-corrected chi connectivity index (χ0v) is 20.3. The van der Waals surface area contributed by atoms with Crippen molar-refractivity contribution in [3.8, 4) is 5.75 Å². The van der Waals surface area contributed by atoms with Crippen LogP contribution in [0.25, 0.3) is 0 Å². The Bertz CT molecular complexity index is 1150. The van der Waals surface area contributed by atoms with E-state index in [2.05, 4.69) is 24.0 Å². The predicted molar refractivity (Wildman–Crippen MR) is 127 cm³/mol. The number of likely N-dealkylation sites (tertiary alicyclic amines) is 1. The molecule has 2 aliphatic heterocycles. The molecule has 0 amide bonds. The van der Waals surface area contributed by atoms with Crippen molar-refractivity contribution < 1.29 is 22.3 Å². The Morgan fingerprint density at radius 2 is 1.94 bits per heavy atom. The Morgan fingerprint density at radius 1 is 1.18 bits per heavy atom. The molecule has 0 aromatic heterocycles. The maximum atomic E-state index is 14.0. The number of hydrogen-bond acceptors (Lipinski definition) is 5. The Morgan fingerprint density at radius 3 is 2.61 bits per heavy atom. The second-order valence-corrected chi connectivity index (χ2v) is 10.7. The first-order valence-electron chi connectivity index (χ1n) is 11.2. The molecule has 1 fully saturated rings. The molecule has 6 nitrogen and oxygen atoms in total. The van der Waals surface area contributed by atoms with E-state index < -0.39 is 21.4 Å². The minimum absolute atomic E-state index is 0.0660. The van der Waals surface area contributed by atoms with Crippen molar-refractivity contribution in [2.24, 2.45) is 0 Å². The summed E-state index contributed by atoms with van der Waals surface area (Å²) >= 11 is 0. The quantitative estimate of drug-likeness (QED) is 0.609. The van der Waals surface area contributed by atoms with Crippen molar-refractivity contribution in [1.29, 1.82) is 0 Å². The van der Waals surface area contributed by atoms with Crippen molar-refractivity contribution in [2.45, 2.75) is 57.8 Å². The van der Waals surface area contributed by atoms with Gasteiger partial charge in [-0.1, -0.05) is 18.2 Å². The second-order valence-electron chi connectivity index (χ2n) is 9.09. The van der Waals surface area contributed by atoms with Crippen LogP contribution in [-0.4, -0.2) is 44.7 Å². The smallest absolute Gasteiger partial charge is 0.261 e. The molecule has 8 heteroatoms. The molecule has 0 N–H and O–H groups in total. The lowest BCUT2D eigenvalue weighted by molar-refractivity contribution is 0.0886. The monoisotopic (exact) mass is 474 g/mol. The highest BCUT2D eigenvalue weighted by Crippen LogP contribution is 2.47. The number of rotatable bonds is 6. The van der Waals surface area contributed by atoms with Gasteiger partial charge in [-0.15, -0.1) is 0 Å². The highest BCUT2D eigenvalue weighted by molar-refractivity contribution is 7.96. The molecule has 4 rings (SSSR count). The van der Waals surface area contributed by atoms with E-state index in [-0.39, 0.29) is 12.1 Å². The molecule has 2 heterocycles. The number of ether oxygens (including phenoxy) is 2. The standard InChI is InChI=1S/C25H31FN2O4S/c1-18(2)32-23-10-5-7-20(13-23)16-27-12-11-25(15-19(27)3)24(31-4)17-33(29,30)28(25)22-9-6-8-21(26)14-22/h5-10,13-14,17-19H,11-12,15-16H2,1-4H3/t19-,25+/m0/s1. The normalized spacial score (nSPS) is 24.8. The van der Waals surface area contributed by atoms with Crippen molar-refractivity contribution in [3.05, 3.63) is 71.1 Å². The van der Waals surface area contributed by atoms with Crippen LogP contribution in [0, 0.1) is 5.82 Å². The fraction of sp³-hybridized carbons (Fsp3) is 0.440. The van der Waals surface area contributed by atoms with E-state index in [9.17, 15) is 12.8 Å². The highest BCUT2D eigenvalue weighted by Gasteiger charge is 2.55. The van der Waals surface area contributed by atoms with Crippen LogP contribution < -0.4 is 9.04 Å². The molecule has 0 bridgehead atoms. The molecular formula is C25H31FN2O4S. The van der Waals surface area contributed by atoms with Gasteiger partial charge < -0.3 is 9.47 Å². The van der Waals surface area contributed by atoms with Gasteiger partial charge in [0.25, 0.3) is 10.0 Å². The van der Waals surface area contributed by atoms with Gasteiger partial charge in [0, 0.05) is 19.1 Å². The molecule has 0 aliphatic carbocycles. The van der Waals surface area contributed by atoms with E-state index in [1.165, 1.54) is 35.0 Å². The topological polar surface area (TPSA) is 59.1 Å². The van der Waals surface area contributed by atoms with Crippen LogP contribution in [0.5, 0.6) is 5.75 Å². The first kappa shape index (κ1) is 23.6. The van der Waals surface area contributed by atoms with Crippen LogP contribution in [0.15, 0.2) is 59.7 Å². The summed E-state index contributed by atoms with van der Waals surface area (Å²) < 4.78 is 53.1. The average molecular weight is 475 g/mol. The van der Waals surface area contributed by atoms with E-state index >= 15 is 0 Å².